The van der Waals surface area contributed by atoms with Gasteiger partial charge in [0, 0.05) is 22.4 Å². The Morgan fingerprint density at radius 2 is 2.05 bits per heavy atom. The van der Waals surface area contributed by atoms with E-state index in [1.807, 2.05) is 24.4 Å². The van der Waals surface area contributed by atoms with Crippen LogP contribution in [-0.4, -0.2) is 18.1 Å². The molecular weight excluding hydrogens is 328 g/mol. The SMILES string of the molecule is CCCOc1ccccc1C(NCC)c1cncc(Br)c1. The average Bonchev–Trinajstić information content (AvgIpc) is 2.51. The zero-order valence-corrected chi connectivity index (χ0v) is 14.1. The van der Waals surface area contributed by atoms with E-state index in [4.69, 9.17) is 4.74 Å². The molecule has 0 spiro atoms. The fraction of sp³-hybridized carbons (Fsp3) is 0.353. The third kappa shape index (κ3) is 4.29. The molecule has 1 aromatic heterocycles. The highest BCUT2D eigenvalue weighted by molar-refractivity contribution is 9.10. The summed E-state index contributed by atoms with van der Waals surface area (Å²) < 4.78 is 6.87. The molecule has 1 atom stereocenters. The molecule has 0 saturated carbocycles. The molecule has 3 nitrogen and oxygen atoms in total. The highest BCUT2D eigenvalue weighted by atomic mass is 79.9. The lowest BCUT2D eigenvalue weighted by atomic mass is 9.99. The summed E-state index contributed by atoms with van der Waals surface area (Å²) in [5.41, 5.74) is 2.27. The fourth-order valence-electron chi connectivity index (χ4n) is 2.26. The highest BCUT2D eigenvalue weighted by Crippen LogP contribution is 2.30. The van der Waals surface area contributed by atoms with Crippen molar-refractivity contribution in [2.24, 2.45) is 0 Å². The Morgan fingerprint density at radius 1 is 1.24 bits per heavy atom. The number of ether oxygens (including phenoxy) is 1. The fourth-order valence-corrected chi connectivity index (χ4v) is 2.64. The van der Waals surface area contributed by atoms with Crippen molar-refractivity contribution in [3.8, 4) is 5.75 Å². The third-order valence-corrected chi connectivity index (χ3v) is 3.59. The number of rotatable bonds is 7. The summed E-state index contributed by atoms with van der Waals surface area (Å²) in [5, 5.41) is 3.52. The molecule has 1 heterocycles. The van der Waals surface area contributed by atoms with E-state index in [9.17, 15) is 0 Å². The molecule has 0 fully saturated rings. The molecule has 0 aliphatic rings. The highest BCUT2D eigenvalue weighted by Gasteiger charge is 2.17. The number of hydrogen-bond donors (Lipinski definition) is 1. The summed E-state index contributed by atoms with van der Waals surface area (Å²) in [6, 6.07) is 10.4. The van der Waals surface area contributed by atoms with Gasteiger partial charge in [0.25, 0.3) is 0 Å². The summed E-state index contributed by atoms with van der Waals surface area (Å²) in [6.07, 6.45) is 4.69. The van der Waals surface area contributed by atoms with Gasteiger partial charge in [-0.1, -0.05) is 32.0 Å². The number of aromatic nitrogens is 1. The minimum absolute atomic E-state index is 0.0769. The van der Waals surface area contributed by atoms with Crippen LogP contribution in [0.1, 0.15) is 37.4 Å². The van der Waals surface area contributed by atoms with Gasteiger partial charge in [-0.15, -0.1) is 0 Å². The van der Waals surface area contributed by atoms with Gasteiger partial charge in [-0.2, -0.15) is 0 Å². The van der Waals surface area contributed by atoms with Crippen LogP contribution in [0, 0.1) is 0 Å². The number of nitrogens with one attached hydrogen (secondary N) is 1. The van der Waals surface area contributed by atoms with E-state index >= 15 is 0 Å². The predicted molar refractivity (Wildman–Crippen MR) is 89.7 cm³/mol. The van der Waals surface area contributed by atoms with Gasteiger partial charge in [0.05, 0.1) is 12.6 Å². The first-order chi connectivity index (χ1) is 10.3. The second-order valence-electron chi connectivity index (χ2n) is 4.81. The van der Waals surface area contributed by atoms with Gasteiger partial charge < -0.3 is 10.1 Å². The van der Waals surface area contributed by atoms with Gasteiger partial charge in [-0.05, 0) is 46.6 Å². The van der Waals surface area contributed by atoms with Crippen LogP contribution in [0.25, 0.3) is 0 Å². The van der Waals surface area contributed by atoms with E-state index in [1.165, 1.54) is 0 Å². The number of para-hydroxylation sites is 1. The van der Waals surface area contributed by atoms with Crippen molar-refractivity contribution in [1.29, 1.82) is 0 Å². The van der Waals surface area contributed by atoms with Crippen molar-refractivity contribution in [3.63, 3.8) is 0 Å². The molecule has 112 valence electrons. The lowest BCUT2D eigenvalue weighted by Gasteiger charge is -2.21. The first kappa shape index (κ1) is 16.0. The molecule has 1 aromatic carbocycles. The molecule has 1 N–H and O–H groups in total. The molecule has 0 radical (unpaired) electrons. The Balaban J connectivity index is 2.38. The van der Waals surface area contributed by atoms with Crippen LogP contribution in [-0.2, 0) is 0 Å². The zero-order chi connectivity index (χ0) is 15.1. The van der Waals surface area contributed by atoms with E-state index in [1.54, 1.807) is 6.20 Å². The van der Waals surface area contributed by atoms with Crippen LogP contribution in [0.3, 0.4) is 0 Å². The standard InChI is InChI=1S/C17H21BrN2O/c1-3-9-21-16-8-6-5-7-15(16)17(20-4-2)13-10-14(18)12-19-11-13/h5-8,10-12,17,20H,3-4,9H2,1-2H3. The average molecular weight is 349 g/mol. The van der Waals surface area contributed by atoms with E-state index < -0.39 is 0 Å². The van der Waals surface area contributed by atoms with E-state index in [0.717, 1.165) is 40.9 Å². The summed E-state index contributed by atoms with van der Waals surface area (Å²) in [6.45, 7) is 5.82. The molecule has 0 saturated heterocycles. The summed E-state index contributed by atoms with van der Waals surface area (Å²) >= 11 is 3.49. The van der Waals surface area contributed by atoms with Gasteiger partial charge in [0.2, 0.25) is 0 Å². The second-order valence-corrected chi connectivity index (χ2v) is 5.73. The number of halogens is 1. The van der Waals surface area contributed by atoms with E-state index in [-0.39, 0.29) is 6.04 Å². The summed E-state index contributed by atoms with van der Waals surface area (Å²) in [7, 11) is 0. The van der Waals surface area contributed by atoms with Gasteiger partial charge >= 0.3 is 0 Å². The van der Waals surface area contributed by atoms with Gasteiger partial charge in [0.15, 0.2) is 0 Å². The van der Waals surface area contributed by atoms with Crippen molar-refractivity contribution in [2.75, 3.05) is 13.2 Å². The van der Waals surface area contributed by atoms with Crippen LogP contribution >= 0.6 is 15.9 Å². The molecule has 2 aromatic rings. The smallest absolute Gasteiger partial charge is 0.124 e. The predicted octanol–water partition coefficient (Wildman–Crippen LogP) is 4.33. The Kier molecular flexibility index (Phi) is 6.21. The number of benzene rings is 1. The Bertz CT molecular complexity index is 574. The number of nitrogens with zero attached hydrogens (tertiary/aromatic N) is 1. The molecule has 0 aliphatic heterocycles. The topological polar surface area (TPSA) is 34.1 Å². The molecular formula is C17H21BrN2O. The minimum atomic E-state index is 0.0769. The van der Waals surface area contributed by atoms with E-state index in [0.29, 0.717) is 0 Å². The van der Waals surface area contributed by atoms with Crippen LogP contribution in [0.15, 0.2) is 47.2 Å². The lowest BCUT2D eigenvalue weighted by Crippen LogP contribution is -2.23. The van der Waals surface area contributed by atoms with Gasteiger partial charge in [-0.25, -0.2) is 0 Å². The minimum Gasteiger partial charge on any atom is -0.493 e. The van der Waals surface area contributed by atoms with Crippen molar-refractivity contribution in [3.05, 3.63) is 58.3 Å². The van der Waals surface area contributed by atoms with Crippen molar-refractivity contribution < 1.29 is 4.74 Å². The molecule has 21 heavy (non-hydrogen) atoms. The second kappa shape index (κ2) is 8.15. The monoisotopic (exact) mass is 348 g/mol. The van der Waals surface area contributed by atoms with Crippen LogP contribution < -0.4 is 10.1 Å². The maximum absolute atomic E-state index is 5.89. The molecule has 4 heteroatoms. The molecule has 1 unspecified atom stereocenters. The number of hydrogen-bond acceptors (Lipinski definition) is 3. The van der Waals surface area contributed by atoms with E-state index in [2.05, 4.69) is 52.2 Å². The van der Waals surface area contributed by atoms with Crippen LogP contribution in [0.4, 0.5) is 0 Å². The van der Waals surface area contributed by atoms with Gasteiger partial charge in [-0.3, -0.25) is 4.98 Å². The quantitative estimate of drug-likeness (QED) is 0.808. The maximum Gasteiger partial charge on any atom is 0.124 e. The van der Waals surface area contributed by atoms with Crippen molar-refractivity contribution >= 4 is 15.9 Å². The third-order valence-electron chi connectivity index (χ3n) is 3.16. The first-order valence-corrected chi connectivity index (χ1v) is 8.11. The summed E-state index contributed by atoms with van der Waals surface area (Å²) in [5.74, 6) is 0.935. The normalized spacial score (nSPS) is 12.1. The molecule has 0 bridgehead atoms. The van der Waals surface area contributed by atoms with Crippen molar-refractivity contribution in [2.45, 2.75) is 26.3 Å². The Morgan fingerprint density at radius 3 is 2.76 bits per heavy atom. The Hall–Kier alpha value is -1.39. The largest absolute Gasteiger partial charge is 0.493 e. The molecule has 0 amide bonds. The zero-order valence-electron chi connectivity index (χ0n) is 12.5. The Labute approximate surface area is 134 Å². The molecule has 2 rings (SSSR count). The number of pyridine rings is 1. The van der Waals surface area contributed by atoms with Crippen LogP contribution in [0.2, 0.25) is 0 Å². The maximum atomic E-state index is 5.89. The first-order valence-electron chi connectivity index (χ1n) is 7.31. The summed E-state index contributed by atoms with van der Waals surface area (Å²) in [4.78, 5) is 4.28. The van der Waals surface area contributed by atoms with Crippen LogP contribution in [0.5, 0.6) is 5.75 Å². The van der Waals surface area contributed by atoms with Crippen molar-refractivity contribution in [1.82, 2.24) is 10.3 Å². The van der Waals surface area contributed by atoms with Gasteiger partial charge in [0.1, 0.15) is 5.75 Å². The lowest BCUT2D eigenvalue weighted by molar-refractivity contribution is 0.312. The molecule has 0 aliphatic carbocycles.